The second-order valence-corrected chi connectivity index (χ2v) is 8.14. The van der Waals surface area contributed by atoms with Crippen molar-refractivity contribution < 1.29 is 8.42 Å². The van der Waals surface area contributed by atoms with E-state index in [1.807, 2.05) is 16.7 Å². The van der Waals surface area contributed by atoms with Crippen molar-refractivity contribution in [2.75, 3.05) is 0 Å². The van der Waals surface area contributed by atoms with Crippen LogP contribution in [-0.4, -0.2) is 28.2 Å². The predicted octanol–water partition coefficient (Wildman–Crippen LogP) is 2.42. The number of hydrogen-bond acceptors (Lipinski definition) is 5. The van der Waals surface area contributed by atoms with Crippen LogP contribution in [0.4, 0.5) is 0 Å². The van der Waals surface area contributed by atoms with Crippen molar-refractivity contribution in [3.05, 3.63) is 59.4 Å². The Balaban J connectivity index is 1.55. The molecule has 0 bridgehead atoms. The van der Waals surface area contributed by atoms with Gasteiger partial charge in [-0.05, 0) is 30.2 Å². The first-order valence-electron chi connectivity index (χ1n) is 8.15. The summed E-state index contributed by atoms with van der Waals surface area (Å²) < 4.78 is 29.8. The number of pyridine rings is 1. The van der Waals surface area contributed by atoms with E-state index in [0.717, 1.165) is 36.3 Å². The molecule has 26 heavy (non-hydrogen) atoms. The number of rotatable bonds is 5. The molecule has 4 rings (SSSR count). The summed E-state index contributed by atoms with van der Waals surface area (Å²) in [6, 6.07) is 8.54. The molecule has 0 saturated heterocycles. The monoisotopic (exact) mass is 389 g/mol. The van der Waals surface area contributed by atoms with E-state index in [0.29, 0.717) is 5.82 Å². The molecule has 0 fully saturated rings. The Morgan fingerprint density at radius 2 is 2.08 bits per heavy atom. The van der Waals surface area contributed by atoms with E-state index < -0.39 is 10.0 Å². The Morgan fingerprint density at radius 3 is 2.85 bits per heavy atom. The van der Waals surface area contributed by atoms with Gasteiger partial charge in [0.05, 0.1) is 11.6 Å². The number of nitrogens with one attached hydrogen (secondary N) is 1. The van der Waals surface area contributed by atoms with E-state index >= 15 is 0 Å². The number of aromatic nitrogens is 4. The Kier molecular flexibility index (Phi) is 4.47. The molecule has 0 aliphatic carbocycles. The SMILES string of the molecule is O=S(=O)(NCc1nnc2n1CCC2)c1ccc(-c2cccnc2)cc1Cl. The fourth-order valence-electron chi connectivity index (χ4n) is 3.01. The fourth-order valence-corrected chi connectivity index (χ4v) is 4.53. The number of benzene rings is 1. The van der Waals surface area contributed by atoms with E-state index in [-0.39, 0.29) is 16.5 Å². The molecule has 7 nitrogen and oxygen atoms in total. The lowest BCUT2D eigenvalue weighted by Gasteiger charge is -2.10. The maximum atomic E-state index is 12.6. The van der Waals surface area contributed by atoms with Crippen molar-refractivity contribution >= 4 is 21.6 Å². The number of hydrogen-bond donors (Lipinski definition) is 1. The van der Waals surface area contributed by atoms with Crippen molar-refractivity contribution in [3.8, 4) is 11.1 Å². The molecule has 0 radical (unpaired) electrons. The van der Waals surface area contributed by atoms with Crippen LogP contribution in [0.3, 0.4) is 0 Å². The Morgan fingerprint density at radius 1 is 1.19 bits per heavy atom. The van der Waals surface area contributed by atoms with E-state index in [1.54, 1.807) is 24.5 Å². The minimum Gasteiger partial charge on any atom is -0.314 e. The molecule has 0 amide bonds. The van der Waals surface area contributed by atoms with E-state index in [9.17, 15) is 8.42 Å². The molecule has 1 N–H and O–H groups in total. The number of halogens is 1. The molecule has 3 heterocycles. The van der Waals surface area contributed by atoms with Gasteiger partial charge in [-0.1, -0.05) is 23.7 Å². The number of aryl methyl sites for hydroxylation is 1. The third-order valence-corrected chi connectivity index (χ3v) is 6.21. The highest BCUT2D eigenvalue weighted by atomic mass is 35.5. The largest absolute Gasteiger partial charge is 0.314 e. The molecule has 2 aromatic heterocycles. The molecule has 0 saturated carbocycles. The summed E-state index contributed by atoms with van der Waals surface area (Å²) in [5, 5.41) is 8.29. The smallest absolute Gasteiger partial charge is 0.242 e. The molecule has 1 aromatic carbocycles. The van der Waals surface area contributed by atoms with Gasteiger partial charge in [-0.15, -0.1) is 10.2 Å². The van der Waals surface area contributed by atoms with Gasteiger partial charge in [0.1, 0.15) is 16.5 Å². The molecular weight excluding hydrogens is 374 g/mol. The zero-order valence-corrected chi connectivity index (χ0v) is 15.3. The number of fused-ring (bicyclic) bond motifs is 1. The van der Waals surface area contributed by atoms with Crippen molar-refractivity contribution in [2.24, 2.45) is 0 Å². The van der Waals surface area contributed by atoms with Crippen molar-refractivity contribution in [3.63, 3.8) is 0 Å². The minimum absolute atomic E-state index is 0.0352. The van der Waals surface area contributed by atoms with Gasteiger partial charge in [0.25, 0.3) is 0 Å². The fraction of sp³-hybridized carbons (Fsp3) is 0.235. The number of nitrogens with zero attached hydrogens (tertiary/aromatic N) is 4. The first-order valence-corrected chi connectivity index (χ1v) is 10.0. The van der Waals surface area contributed by atoms with Crippen LogP contribution in [0.2, 0.25) is 5.02 Å². The highest BCUT2D eigenvalue weighted by Gasteiger charge is 2.22. The topological polar surface area (TPSA) is 89.8 Å². The third kappa shape index (κ3) is 3.23. The lowest BCUT2D eigenvalue weighted by molar-refractivity contribution is 0.575. The first kappa shape index (κ1) is 17.1. The van der Waals surface area contributed by atoms with Crippen LogP contribution in [0.25, 0.3) is 11.1 Å². The lowest BCUT2D eigenvalue weighted by atomic mass is 10.1. The van der Waals surface area contributed by atoms with Gasteiger partial charge in [0.15, 0.2) is 0 Å². The average molecular weight is 390 g/mol. The van der Waals surface area contributed by atoms with Gasteiger partial charge in [-0.25, -0.2) is 13.1 Å². The van der Waals surface area contributed by atoms with Crippen molar-refractivity contribution in [1.29, 1.82) is 0 Å². The number of sulfonamides is 1. The normalized spacial score (nSPS) is 13.7. The summed E-state index contributed by atoms with van der Waals surface area (Å²) >= 11 is 6.25. The molecule has 0 spiro atoms. The summed E-state index contributed by atoms with van der Waals surface area (Å²) in [5.41, 5.74) is 1.67. The summed E-state index contributed by atoms with van der Waals surface area (Å²) in [4.78, 5) is 4.09. The van der Waals surface area contributed by atoms with Gasteiger partial charge in [-0.2, -0.15) is 0 Å². The molecule has 1 aliphatic heterocycles. The van der Waals surface area contributed by atoms with E-state index in [2.05, 4.69) is 19.9 Å². The van der Waals surface area contributed by atoms with E-state index in [1.165, 1.54) is 6.07 Å². The molecule has 0 unspecified atom stereocenters. The van der Waals surface area contributed by atoms with Crippen LogP contribution in [0, 0.1) is 0 Å². The first-order chi connectivity index (χ1) is 12.5. The van der Waals surface area contributed by atoms with Crippen molar-refractivity contribution in [1.82, 2.24) is 24.5 Å². The highest BCUT2D eigenvalue weighted by Crippen LogP contribution is 2.28. The Labute approximate surface area is 156 Å². The molecular formula is C17H16ClN5O2S. The highest BCUT2D eigenvalue weighted by molar-refractivity contribution is 7.89. The maximum absolute atomic E-state index is 12.6. The molecule has 3 aromatic rings. The maximum Gasteiger partial charge on any atom is 0.242 e. The molecule has 9 heteroatoms. The third-order valence-electron chi connectivity index (χ3n) is 4.32. The van der Waals surface area contributed by atoms with Gasteiger partial charge in [0, 0.05) is 30.9 Å². The zero-order chi connectivity index (χ0) is 18.1. The van der Waals surface area contributed by atoms with Crippen molar-refractivity contribution in [2.45, 2.75) is 30.8 Å². The van der Waals surface area contributed by atoms with Crippen LogP contribution in [0.5, 0.6) is 0 Å². The lowest BCUT2D eigenvalue weighted by Crippen LogP contribution is -2.25. The van der Waals surface area contributed by atoms with Crippen LogP contribution < -0.4 is 4.72 Å². The summed E-state index contributed by atoms with van der Waals surface area (Å²) in [6.45, 7) is 0.899. The van der Waals surface area contributed by atoms with Crippen LogP contribution in [-0.2, 0) is 29.5 Å². The zero-order valence-electron chi connectivity index (χ0n) is 13.8. The van der Waals surface area contributed by atoms with Crippen LogP contribution >= 0.6 is 11.6 Å². The molecule has 0 atom stereocenters. The Bertz CT molecular complexity index is 1050. The second-order valence-electron chi connectivity index (χ2n) is 6.00. The Hall–Kier alpha value is -2.29. The van der Waals surface area contributed by atoms with Crippen LogP contribution in [0.1, 0.15) is 18.1 Å². The van der Waals surface area contributed by atoms with Gasteiger partial charge in [0.2, 0.25) is 10.0 Å². The summed E-state index contributed by atoms with van der Waals surface area (Å²) in [5.74, 6) is 1.52. The van der Waals surface area contributed by atoms with Crippen LogP contribution in [0.15, 0.2) is 47.6 Å². The quantitative estimate of drug-likeness (QED) is 0.723. The summed E-state index contributed by atoms with van der Waals surface area (Å²) in [7, 11) is -3.76. The van der Waals surface area contributed by atoms with Gasteiger partial charge >= 0.3 is 0 Å². The summed E-state index contributed by atoms with van der Waals surface area (Å²) in [6.07, 6.45) is 5.26. The van der Waals surface area contributed by atoms with E-state index in [4.69, 9.17) is 11.6 Å². The average Bonchev–Trinajstić information content (AvgIpc) is 3.24. The predicted molar refractivity (Wildman–Crippen MR) is 97.1 cm³/mol. The van der Waals surface area contributed by atoms with Gasteiger partial charge < -0.3 is 4.57 Å². The van der Waals surface area contributed by atoms with Gasteiger partial charge in [-0.3, -0.25) is 4.98 Å². The molecule has 1 aliphatic rings. The second kappa shape index (κ2) is 6.79. The standard InChI is InChI=1S/C17H16ClN5O2S/c18-14-9-12(13-3-1-7-19-10-13)5-6-15(14)26(24,25)20-11-17-22-21-16-4-2-8-23(16)17/h1,3,5-7,9-10,20H,2,4,8,11H2. The minimum atomic E-state index is -3.76. The molecule has 134 valence electrons.